The number of carbonyl (C=O) groups excluding carboxylic acids is 3. The number of aliphatic imine (C=N–C) groups is 1. The van der Waals surface area contributed by atoms with Crippen molar-refractivity contribution in [3.05, 3.63) is 136 Å². The molecule has 0 saturated heterocycles. The van der Waals surface area contributed by atoms with Gasteiger partial charge in [-0.1, -0.05) is 64.5 Å². The quantitative estimate of drug-likeness (QED) is 0.0452. The monoisotopic (exact) mass is 789 g/mol. The van der Waals surface area contributed by atoms with Crippen LogP contribution in [0.5, 0.6) is 11.5 Å². The van der Waals surface area contributed by atoms with Crippen molar-refractivity contribution in [2.24, 2.45) is 10.7 Å². The van der Waals surface area contributed by atoms with Crippen molar-refractivity contribution in [3.8, 4) is 11.5 Å². The van der Waals surface area contributed by atoms with Gasteiger partial charge in [-0.25, -0.2) is 4.99 Å². The SMILES string of the molecule is COc1ccc(CN=C(N)NCCNC(=O)C(Cc2c[nH]c3ccccc23)NC(=O)c2cc(Br)ccc2NC(=O)c2ccc3ccccc3c2)c(OC)c1. The van der Waals surface area contributed by atoms with Gasteiger partial charge in [0.1, 0.15) is 17.5 Å². The standard InChI is InChI=1S/C41H40BrN7O5/c1-53-31-15-13-28(37(22-31)54-2)23-47-41(43)45-18-17-44-40(52)36(20-29-24-46-34-10-6-5-9-32(29)34)49-39(51)33-21-30(42)14-16-35(33)48-38(50)27-12-11-25-7-3-4-8-26(25)19-27/h3-16,19,21-22,24,36,46H,17-18,20,23H2,1-2H3,(H,44,52)(H,48,50)(H,49,51)(H3,43,45,47). The molecule has 7 N–H and O–H groups in total. The zero-order valence-electron chi connectivity index (χ0n) is 29.7. The lowest BCUT2D eigenvalue weighted by molar-refractivity contribution is -0.122. The average molecular weight is 791 g/mol. The molecule has 276 valence electrons. The first kappa shape index (κ1) is 37.4. The van der Waals surface area contributed by atoms with E-state index in [9.17, 15) is 14.4 Å². The van der Waals surface area contributed by atoms with E-state index in [1.807, 2.05) is 72.9 Å². The van der Waals surface area contributed by atoms with Crippen LogP contribution < -0.4 is 36.5 Å². The van der Waals surface area contributed by atoms with Crippen molar-refractivity contribution >= 4 is 67.0 Å². The Morgan fingerprint density at radius 3 is 2.41 bits per heavy atom. The van der Waals surface area contributed by atoms with Crippen molar-refractivity contribution in [2.45, 2.75) is 19.0 Å². The van der Waals surface area contributed by atoms with E-state index < -0.39 is 17.9 Å². The van der Waals surface area contributed by atoms with E-state index in [-0.39, 0.29) is 43.5 Å². The molecule has 1 atom stereocenters. The number of H-pyrrole nitrogens is 1. The number of aromatic amines is 1. The number of rotatable bonds is 14. The van der Waals surface area contributed by atoms with Gasteiger partial charge in [0.2, 0.25) is 5.91 Å². The Morgan fingerprint density at radius 2 is 1.59 bits per heavy atom. The minimum atomic E-state index is -0.965. The number of nitrogens with two attached hydrogens (primary N) is 1. The maximum Gasteiger partial charge on any atom is 0.255 e. The predicted octanol–water partition coefficient (Wildman–Crippen LogP) is 5.91. The van der Waals surface area contributed by atoms with Crippen LogP contribution in [0.3, 0.4) is 0 Å². The fourth-order valence-electron chi connectivity index (χ4n) is 6.01. The molecule has 13 heteroatoms. The van der Waals surface area contributed by atoms with Crippen LogP contribution in [0, 0.1) is 0 Å². The number of fused-ring (bicyclic) bond motifs is 2. The van der Waals surface area contributed by atoms with Crippen LogP contribution in [-0.4, -0.2) is 62.0 Å². The highest BCUT2D eigenvalue weighted by atomic mass is 79.9. The predicted molar refractivity (Wildman–Crippen MR) is 215 cm³/mol. The zero-order valence-corrected chi connectivity index (χ0v) is 31.3. The van der Waals surface area contributed by atoms with Gasteiger partial charge in [0.05, 0.1) is 32.0 Å². The van der Waals surface area contributed by atoms with Gasteiger partial charge in [-0.3, -0.25) is 14.4 Å². The third kappa shape index (κ3) is 9.17. The number of ether oxygens (including phenoxy) is 2. The maximum absolute atomic E-state index is 14.0. The molecular weight excluding hydrogens is 750 g/mol. The van der Waals surface area contributed by atoms with Gasteiger partial charge >= 0.3 is 0 Å². The summed E-state index contributed by atoms with van der Waals surface area (Å²) < 4.78 is 11.3. The normalized spacial score (nSPS) is 11.9. The molecule has 5 aromatic carbocycles. The number of benzene rings is 5. The Bertz CT molecular complexity index is 2340. The second-order valence-electron chi connectivity index (χ2n) is 12.4. The van der Waals surface area contributed by atoms with Crippen molar-refractivity contribution in [3.63, 3.8) is 0 Å². The number of hydrogen-bond acceptors (Lipinski definition) is 6. The molecule has 3 amide bonds. The molecule has 0 aliphatic heterocycles. The van der Waals surface area contributed by atoms with Gasteiger partial charge in [0.15, 0.2) is 5.96 Å². The first-order valence-electron chi connectivity index (χ1n) is 17.2. The van der Waals surface area contributed by atoms with E-state index in [0.29, 0.717) is 27.2 Å². The summed E-state index contributed by atoms with van der Waals surface area (Å²) in [6.45, 7) is 0.758. The molecule has 54 heavy (non-hydrogen) atoms. The van der Waals surface area contributed by atoms with Crippen LogP contribution in [0.25, 0.3) is 21.7 Å². The molecule has 1 heterocycles. The number of anilines is 1. The topological polar surface area (TPSA) is 172 Å². The molecule has 12 nitrogen and oxygen atoms in total. The van der Waals surface area contributed by atoms with E-state index in [0.717, 1.165) is 32.8 Å². The third-order valence-electron chi connectivity index (χ3n) is 8.85. The second-order valence-corrected chi connectivity index (χ2v) is 13.3. The van der Waals surface area contributed by atoms with Crippen LogP contribution in [0.2, 0.25) is 0 Å². The summed E-state index contributed by atoms with van der Waals surface area (Å²) in [5, 5.41) is 14.6. The molecule has 0 radical (unpaired) electrons. The molecule has 0 aliphatic carbocycles. The summed E-state index contributed by atoms with van der Waals surface area (Å²) in [5.41, 5.74) is 9.63. The maximum atomic E-state index is 14.0. The zero-order chi connectivity index (χ0) is 38.0. The van der Waals surface area contributed by atoms with Crippen LogP contribution in [0.1, 0.15) is 31.8 Å². The van der Waals surface area contributed by atoms with Gasteiger partial charge in [-0.05, 0) is 64.9 Å². The van der Waals surface area contributed by atoms with Crippen LogP contribution in [0.15, 0.2) is 119 Å². The summed E-state index contributed by atoms with van der Waals surface area (Å²) in [6, 6.07) is 30.4. The number of guanidine groups is 1. The smallest absolute Gasteiger partial charge is 0.255 e. The largest absolute Gasteiger partial charge is 0.497 e. The highest BCUT2D eigenvalue weighted by Gasteiger charge is 2.25. The van der Waals surface area contributed by atoms with Crippen LogP contribution in [0.4, 0.5) is 5.69 Å². The summed E-state index contributed by atoms with van der Waals surface area (Å²) in [7, 11) is 3.16. The van der Waals surface area contributed by atoms with Crippen LogP contribution >= 0.6 is 15.9 Å². The first-order valence-corrected chi connectivity index (χ1v) is 18.0. The highest BCUT2D eigenvalue weighted by Crippen LogP contribution is 2.26. The number of nitrogens with zero attached hydrogens (tertiary/aromatic N) is 1. The molecule has 6 aromatic rings. The van der Waals surface area contributed by atoms with E-state index in [1.165, 1.54) is 0 Å². The van der Waals surface area contributed by atoms with Gasteiger partial charge in [0, 0.05) is 58.3 Å². The third-order valence-corrected chi connectivity index (χ3v) is 9.34. The lowest BCUT2D eigenvalue weighted by Gasteiger charge is -2.20. The minimum Gasteiger partial charge on any atom is -0.497 e. The summed E-state index contributed by atoms with van der Waals surface area (Å²) >= 11 is 3.45. The fourth-order valence-corrected chi connectivity index (χ4v) is 6.37. The van der Waals surface area contributed by atoms with E-state index in [4.69, 9.17) is 15.2 Å². The number of para-hydroxylation sites is 1. The number of halogens is 1. The van der Waals surface area contributed by atoms with Gasteiger partial charge in [-0.15, -0.1) is 0 Å². The van der Waals surface area contributed by atoms with Crippen molar-refractivity contribution in [2.75, 3.05) is 32.6 Å². The number of hydrogen-bond donors (Lipinski definition) is 6. The number of carbonyl (C=O) groups is 3. The van der Waals surface area contributed by atoms with E-state index >= 15 is 0 Å². The van der Waals surface area contributed by atoms with Crippen molar-refractivity contribution < 1.29 is 23.9 Å². The highest BCUT2D eigenvalue weighted by molar-refractivity contribution is 9.10. The first-order chi connectivity index (χ1) is 26.2. The number of methoxy groups -OCH3 is 2. The van der Waals surface area contributed by atoms with E-state index in [2.05, 4.69) is 47.2 Å². The molecule has 1 unspecified atom stereocenters. The number of amides is 3. The van der Waals surface area contributed by atoms with Crippen molar-refractivity contribution in [1.82, 2.24) is 20.9 Å². The molecule has 1 aromatic heterocycles. The number of aromatic nitrogens is 1. The van der Waals surface area contributed by atoms with E-state index in [1.54, 1.807) is 50.6 Å². The molecule has 0 bridgehead atoms. The number of nitrogens with one attached hydrogen (secondary N) is 5. The fraction of sp³-hybridized carbons (Fsp3) is 0.171. The minimum absolute atomic E-state index is 0.189. The molecule has 0 spiro atoms. The molecule has 0 saturated carbocycles. The Kier molecular flexibility index (Phi) is 12.1. The van der Waals surface area contributed by atoms with Gasteiger partial charge in [-0.2, -0.15) is 0 Å². The Morgan fingerprint density at radius 1 is 0.815 bits per heavy atom. The van der Waals surface area contributed by atoms with Gasteiger partial charge < -0.3 is 41.5 Å². The summed E-state index contributed by atoms with van der Waals surface area (Å²) in [5.74, 6) is 0.187. The lowest BCUT2D eigenvalue weighted by Crippen LogP contribution is -2.49. The molecule has 0 fully saturated rings. The Labute approximate surface area is 320 Å². The van der Waals surface area contributed by atoms with Gasteiger partial charge in [0.25, 0.3) is 11.8 Å². The Hall–Kier alpha value is -6.34. The molecular formula is C41H40BrN7O5. The second kappa shape index (κ2) is 17.5. The lowest BCUT2D eigenvalue weighted by atomic mass is 10.0. The molecule has 0 aliphatic rings. The summed E-state index contributed by atoms with van der Waals surface area (Å²) in [6.07, 6.45) is 2.04. The summed E-state index contributed by atoms with van der Waals surface area (Å²) in [4.78, 5) is 48.7. The van der Waals surface area contributed by atoms with Crippen LogP contribution in [-0.2, 0) is 17.8 Å². The average Bonchev–Trinajstić information content (AvgIpc) is 3.61. The Balaban J connectivity index is 1.14. The van der Waals surface area contributed by atoms with Crippen molar-refractivity contribution in [1.29, 1.82) is 0 Å². The molecule has 6 rings (SSSR count).